The molecule has 0 radical (unpaired) electrons. The molecule has 0 aliphatic rings. The maximum absolute atomic E-state index is 12.3. The number of carbonyl (C=O) groups is 1. The van der Waals surface area contributed by atoms with Crippen molar-refractivity contribution in [1.29, 1.82) is 0 Å². The van der Waals surface area contributed by atoms with Crippen molar-refractivity contribution in [3.8, 4) is 20.3 Å². The zero-order valence-electron chi connectivity index (χ0n) is 13.4. The molecule has 0 aliphatic heterocycles. The quantitative estimate of drug-likeness (QED) is 0.317. The number of hydrogen-bond acceptors (Lipinski definition) is 5. The van der Waals surface area contributed by atoms with Gasteiger partial charge in [-0.3, -0.25) is 10.2 Å². The lowest BCUT2D eigenvalue weighted by molar-refractivity contribution is 0.0955. The summed E-state index contributed by atoms with van der Waals surface area (Å²) in [7, 11) is 0. The lowest BCUT2D eigenvalue weighted by atomic mass is 10.0. The van der Waals surface area contributed by atoms with Crippen LogP contribution in [0.5, 0.6) is 0 Å². The first-order chi connectivity index (χ1) is 12.2. The molecule has 4 nitrogen and oxygen atoms in total. The molecule has 0 fully saturated rings. The summed E-state index contributed by atoms with van der Waals surface area (Å²) in [6, 6.07) is 16.0. The van der Waals surface area contributed by atoms with Gasteiger partial charge in [-0.05, 0) is 48.7 Å². The van der Waals surface area contributed by atoms with Gasteiger partial charge in [0.25, 0.3) is 5.91 Å². The summed E-state index contributed by atoms with van der Waals surface area (Å²) in [6.45, 7) is 1.99. The van der Waals surface area contributed by atoms with Gasteiger partial charge in [0.15, 0.2) is 0 Å². The second-order valence-corrected chi connectivity index (χ2v) is 7.72. The predicted octanol–water partition coefficient (Wildman–Crippen LogP) is 4.60. The Kier molecular flexibility index (Phi) is 4.09. The molecule has 1 amide bonds. The highest BCUT2D eigenvalue weighted by molar-refractivity contribution is 7.23. The van der Waals surface area contributed by atoms with E-state index < -0.39 is 0 Å². The number of amides is 1. The van der Waals surface area contributed by atoms with Gasteiger partial charge in [0, 0.05) is 15.1 Å². The van der Waals surface area contributed by atoms with Crippen molar-refractivity contribution < 1.29 is 4.79 Å². The SMILES string of the molecule is Cc1ccc2nc(-c3ccc(-c4cccs4)s3)cc(C(=O)NN)c2c1. The van der Waals surface area contributed by atoms with E-state index in [0.29, 0.717) is 5.56 Å². The van der Waals surface area contributed by atoms with E-state index in [4.69, 9.17) is 10.8 Å². The average Bonchev–Trinajstić information content (AvgIpc) is 3.31. The Labute approximate surface area is 152 Å². The first-order valence-electron chi connectivity index (χ1n) is 7.72. The number of aromatic nitrogens is 1. The standard InChI is InChI=1S/C19H15N3OS2/c1-11-4-5-14-12(9-11)13(19(23)22-20)10-15(21-14)16-6-7-18(25-16)17-3-2-8-24-17/h2-10H,20H2,1H3,(H,22,23). The molecule has 0 unspecified atom stereocenters. The van der Waals surface area contributed by atoms with Crippen LogP contribution in [0.25, 0.3) is 31.2 Å². The maximum atomic E-state index is 12.3. The number of hydrogen-bond donors (Lipinski definition) is 2. The van der Waals surface area contributed by atoms with Gasteiger partial charge in [-0.1, -0.05) is 17.7 Å². The Morgan fingerprint density at radius 3 is 2.68 bits per heavy atom. The number of hydrazine groups is 1. The summed E-state index contributed by atoms with van der Waals surface area (Å²) in [4.78, 5) is 20.5. The molecule has 3 heterocycles. The monoisotopic (exact) mass is 365 g/mol. The van der Waals surface area contributed by atoms with Crippen molar-refractivity contribution >= 4 is 39.5 Å². The van der Waals surface area contributed by atoms with Crippen LogP contribution >= 0.6 is 22.7 Å². The highest BCUT2D eigenvalue weighted by atomic mass is 32.1. The van der Waals surface area contributed by atoms with Crippen molar-refractivity contribution in [2.45, 2.75) is 6.92 Å². The Bertz CT molecular complexity index is 1070. The molecule has 0 saturated heterocycles. The second-order valence-electron chi connectivity index (χ2n) is 5.69. The smallest absolute Gasteiger partial charge is 0.265 e. The summed E-state index contributed by atoms with van der Waals surface area (Å²) in [5.74, 6) is 5.06. The molecule has 3 aromatic heterocycles. The van der Waals surface area contributed by atoms with E-state index in [2.05, 4.69) is 22.9 Å². The van der Waals surface area contributed by atoms with Crippen molar-refractivity contribution in [3.05, 3.63) is 65.0 Å². The molecule has 4 aromatic rings. The Morgan fingerprint density at radius 1 is 1.08 bits per heavy atom. The van der Waals surface area contributed by atoms with Crippen LogP contribution in [-0.2, 0) is 0 Å². The molecule has 6 heteroatoms. The molecule has 0 aliphatic carbocycles. The molecule has 0 spiro atoms. The van der Waals surface area contributed by atoms with E-state index >= 15 is 0 Å². The summed E-state index contributed by atoms with van der Waals surface area (Å²) in [6.07, 6.45) is 0. The first-order valence-corrected chi connectivity index (χ1v) is 9.42. The van der Waals surface area contributed by atoms with Gasteiger partial charge >= 0.3 is 0 Å². The van der Waals surface area contributed by atoms with E-state index in [-0.39, 0.29) is 5.91 Å². The Balaban J connectivity index is 1.88. The number of pyridine rings is 1. The third kappa shape index (κ3) is 2.95. The lowest BCUT2D eigenvalue weighted by Gasteiger charge is -2.08. The molecule has 25 heavy (non-hydrogen) atoms. The summed E-state index contributed by atoms with van der Waals surface area (Å²) < 4.78 is 0. The van der Waals surface area contributed by atoms with Crippen LogP contribution in [0.1, 0.15) is 15.9 Å². The fourth-order valence-electron chi connectivity index (χ4n) is 2.76. The van der Waals surface area contributed by atoms with E-state index in [1.807, 2.05) is 43.3 Å². The number of carbonyl (C=O) groups excluding carboxylic acids is 1. The van der Waals surface area contributed by atoms with Crippen molar-refractivity contribution in [3.63, 3.8) is 0 Å². The fourth-order valence-corrected chi connectivity index (χ4v) is 4.56. The van der Waals surface area contributed by atoms with Crippen LogP contribution in [0.3, 0.4) is 0 Å². The minimum absolute atomic E-state index is 0.311. The van der Waals surface area contributed by atoms with Crippen LogP contribution in [0, 0.1) is 6.92 Å². The lowest BCUT2D eigenvalue weighted by Crippen LogP contribution is -2.30. The number of thiophene rings is 2. The fraction of sp³-hybridized carbons (Fsp3) is 0.0526. The minimum Gasteiger partial charge on any atom is -0.290 e. The van der Waals surface area contributed by atoms with E-state index in [1.54, 1.807) is 22.7 Å². The zero-order chi connectivity index (χ0) is 17.4. The van der Waals surface area contributed by atoms with Gasteiger partial charge in [0.1, 0.15) is 0 Å². The van der Waals surface area contributed by atoms with Crippen LogP contribution in [0.4, 0.5) is 0 Å². The highest BCUT2D eigenvalue weighted by Gasteiger charge is 2.15. The highest BCUT2D eigenvalue weighted by Crippen LogP contribution is 2.37. The molecule has 1 aromatic carbocycles. The maximum Gasteiger partial charge on any atom is 0.265 e. The molecular formula is C19H15N3OS2. The van der Waals surface area contributed by atoms with Gasteiger partial charge in [-0.15, -0.1) is 22.7 Å². The molecule has 4 rings (SSSR count). The minimum atomic E-state index is -0.311. The molecule has 0 saturated carbocycles. The topological polar surface area (TPSA) is 68.0 Å². The second kappa shape index (κ2) is 6.40. The third-order valence-electron chi connectivity index (χ3n) is 3.96. The molecule has 0 bridgehead atoms. The van der Waals surface area contributed by atoms with Crippen LogP contribution in [0.15, 0.2) is 53.9 Å². The first kappa shape index (κ1) is 16.0. The van der Waals surface area contributed by atoms with Gasteiger partial charge in [0.2, 0.25) is 0 Å². The van der Waals surface area contributed by atoms with Crippen molar-refractivity contribution in [1.82, 2.24) is 10.4 Å². The van der Waals surface area contributed by atoms with Crippen LogP contribution in [0.2, 0.25) is 0 Å². The van der Waals surface area contributed by atoms with E-state index in [1.165, 1.54) is 9.75 Å². The van der Waals surface area contributed by atoms with Gasteiger partial charge in [-0.2, -0.15) is 0 Å². The van der Waals surface area contributed by atoms with Gasteiger partial charge < -0.3 is 0 Å². The van der Waals surface area contributed by atoms with Gasteiger partial charge in [-0.25, -0.2) is 10.8 Å². The Hall–Kier alpha value is -2.54. The molecule has 3 N–H and O–H groups in total. The van der Waals surface area contributed by atoms with E-state index in [0.717, 1.165) is 27.0 Å². The largest absolute Gasteiger partial charge is 0.290 e. The number of fused-ring (bicyclic) bond motifs is 1. The average molecular weight is 365 g/mol. The molecular weight excluding hydrogens is 350 g/mol. The van der Waals surface area contributed by atoms with Crippen molar-refractivity contribution in [2.24, 2.45) is 5.84 Å². The number of nitrogens with one attached hydrogen (secondary N) is 1. The number of nitrogens with two attached hydrogens (primary N) is 1. The molecule has 124 valence electrons. The molecule has 0 atom stereocenters. The number of nitrogen functional groups attached to an aromatic ring is 1. The Morgan fingerprint density at radius 2 is 1.92 bits per heavy atom. The zero-order valence-corrected chi connectivity index (χ0v) is 15.1. The van der Waals surface area contributed by atoms with Gasteiger partial charge in [0.05, 0.1) is 21.7 Å². The van der Waals surface area contributed by atoms with Crippen LogP contribution < -0.4 is 11.3 Å². The van der Waals surface area contributed by atoms with E-state index in [9.17, 15) is 4.79 Å². The number of benzene rings is 1. The summed E-state index contributed by atoms with van der Waals surface area (Å²) in [5, 5.41) is 2.87. The summed E-state index contributed by atoms with van der Waals surface area (Å²) >= 11 is 3.38. The van der Waals surface area contributed by atoms with Crippen molar-refractivity contribution in [2.75, 3.05) is 0 Å². The normalized spacial score (nSPS) is 11.0. The third-order valence-corrected chi connectivity index (χ3v) is 6.14. The number of aryl methyl sites for hydroxylation is 1. The number of nitrogens with zero attached hydrogens (tertiary/aromatic N) is 1. The number of rotatable bonds is 3. The summed E-state index contributed by atoms with van der Waals surface area (Å²) in [5.41, 5.74) is 5.42. The predicted molar refractivity (Wildman–Crippen MR) is 105 cm³/mol. The van der Waals surface area contributed by atoms with Crippen LogP contribution in [-0.4, -0.2) is 10.9 Å².